The van der Waals surface area contributed by atoms with Crippen LogP contribution in [0.5, 0.6) is 0 Å². The summed E-state index contributed by atoms with van der Waals surface area (Å²) < 4.78 is 10.6. The molecule has 0 saturated carbocycles. The number of aromatic nitrogens is 2. The summed E-state index contributed by atoms with van der Waals surface area (Å²) in [5.74, 6) is 1.37. The number of halogens is 1. The lowest BCUT2D eigenvalue weighted by Crippen LogP contribution is -2.15. The molecule has 1 saturated heterocycles. The van der Waals surface area contributed by atoms with E-state index in [1.54, 1.807) is 18.2 Å². The fourth-order valence-corrected chi connectivity index (χ4v) is 2.49. The van der Waals surface area contributed by atoms with Gasteiger partial charge in [0.05, 0.1) is 10.6 Å². The quantitative estimate of drug-likeness (QED) is 0.856. The lowest BCUT2D eigenvalue weighted by molar-refractivity contribution is 0.0830. The van der Waals surface area contributed by atoms with E-state index in [2.05, 4.69) is 10.1 Å². The van der Waals surface area contributed by atoms with E-state index in [4.69, 9.17) is 26.6 Å². The van der Waals surface area contributed by atoms with Crippen molar-refractivity contribution >= 4 is 17.3 Å². The number of benzene rings is 1. The summed E-state index contributed by atoms with van der Waals surface area (Å²) in [5.41, 5.74) is 7.05. The Morgan fingerprint density at radius 2 is 2.05 bits per heavy atom. The van der Waals surface area contributed by atoms with Gasteiger partial charge in [-0.2, -0.15) is 4.98 Å². The maximum absolute atomic E-state index is 6.13. The summed E-state index contributed by atoms with van der Waals surface area (Å²) in [6, 6.07) is 5.31. The first-order chi connectivity index (χ1) is 9.25. The van der Waals surface area contributed by atoms with E-state index in [1.807, 2.05) is 0 Å². The fourth-order valence-electron chi connectivity index (χ4n) is 2.22. The summed E-state index contributed by atoms with van der Waals surface area (Å²) in [6.45, 7) is 1.48. The first-order valence-electron chi connectivity index (χ1n) is 6.21. The van der Waals surface area contributed by atoms with Crippen LogP contribution in [0, 0.1) is 0 Å². The second kappa shape index (κ2) is 5.19. The number of nitrogens with zero attached hydrogens (tertiary/aromatic N) is 2. The average molecular weight is 280 g/mol. The molecule has 0 bridgehead atoms. The molecule has 0 spiro atoms. The van der Waals surface area contributed by atoms with Gasteiger partial charge in [0.15, 0.2) is 5.82 Å². The second-order valence-corrected chi connectivity index (χ2v) is 4.96. The SMILES string of the molecule is Nc1cccc(Cl)c1-c1nc(C2CCOCC2)no1. The van der Waals surface area contributed by atoms with Crippen molar-refractivity contribution in [3.05, 3.63) is 29.0 Å². The number of nitrogens with two attached hydrogens (primary N) is 1. The maximum Gasteiger partial charge on any atom is 0.261 e. The average Bonchev–Trinajstić information content (AvgIpc) is 2.89. The molecule has 3 rings (SSSR count). The minimum Gasteiger partial charge on any atom is -0.398 e. The Balaban J connectivity index is 1.92. The molecule has 0 amide bonds. The molecular weight excluding hydrogens is 266 g/mol. The summed E-state index contributed by atoms with van der Waals surface area (Å²) >= 11 is 6.13. The van der Waals surface area contributed by atoms with Gasteiger partial charge in [-0.3, -0.25) is 0 Å². The molecule has 2 N–H and O–H groups in total. The molecule has 1 aliphatic heterocycles. The van der Waals surface area contributed by atoms with Crippen molar-refractivity contribution in [3.63, 3.8) is 0 Å². The molecule has 6 heteroatoms. The van der Waals surface area contributed by atoms with Crippen LogP contribution >= 0.6 is 11.6 Å². The number of rotatable bonds is 2. The molecule has 2 aromatic rings. The predicted molar refractivity (Wildman–Crippen MR) is 72.0 cm³/mol. The minimum atomic E-state index is 0.287. The molecule has 0 aliphatic carbocycles. The van der Waals surface area contributed by atoms with Gasteiger partial charge in [-0.1, -0.05) is 22.8 Å². The van der Waals surface area contributed by atoms with E-state index in [0.29, 0.717) is 28.0 Å². The Kier molecular flexibility index (Phi) is 3.40. The zero-order valence-corrected chi connectivity index (χ0v) is 11.1. The highest BCUT2D eigenvalue weighted by molar-refractivity contribution is 6.33. The van der Waals surface area contributed by atoms with E-state index < -0.39 is 0 Å². The van der Waals surface area contributed by atoms with Gasteiger partial charge in [0.2, 0.25) is 0 Å². The molecule has 19 heavy (non-hydrogen) atoms. The predicted octanol–water partition coefficient (Wildman–Crippen LogP) is 2.87. The van der Waals surface area contributed by atoms with Gasteiger partial charge in [-0.15, -0.1) is 0 Å². The Labute approximate surface area is 115 Å². The summed E-state index contributed by atoms with van der Waals surface area (Å²) in [7, 11) is 0. The normalized spacial score (nSPS) is 16.7. The van der Waals surface area contributed by atoms with E-state index in [-0.39, 0.29) is 5.92 Å². The summed E-state index contributed by atoms with van der Waals surface area (Å²) in [5, 5.41) is 4.56. The van der Waals surface area contributed by atoms with Gasteiger partial charge < -0.3 is 15.0 Å². The lowest BCUT2D eigenvalue weighted by Gasteiger charge is -2.18. The standard InChI is InChI=1S/C13H14ClN3O2/c14-9-2-1-3-10(15)11(9)13-16-12(17-19-13)8-4-6-18-7-5-8/h1-3,8H,4-7,15H2. The first kappa shape index (κ1) is 12.4. The Hall–Kier alpha value is -1.59. The first-order valence-corrected chi connectivity index (χ1v) is 6.59. The van der Waals surface area contributed by atoms with Crippen LogP contribution in [0.25, 0.3) is 11.5 Å². The Bertz CT molecular complexity index is 559. The van der Waals surface area contributed by atoms with Gasteiger partial charge in [0.1, 0.15) is 0 Å². The smallest absolute Gasteiger partial charge is 0.261 e. The second-order valence-electron chi connectivity index (χ2n) is 4.55. The van der Waals surface area contributed by atoms with E-state index in [1.165, 1.54) is 0 Å². The third kappa shape index (κ3) is 2.43. The van der Waals surface area contributed by atoms with Gasteiger partial charge >= 0.3 is 0 Å². The van der Waals surface area contributed by atoms with Crippen LogP contribution in [0.1, 0.15) is 24.6 Å². The van der Waals surface area contributed by atoms with Crippen molar-refractivity contribution in [2.24, 2.45) is 0 Å². The molecule has 100 valence electrons. The third-order valence-electron chi connectivity index (χ3n) is 3.29. The summed E-state index contributed by atoms with van der Waals surface area (Å²) in [6.07, 6.45) is 1.83. The van der Waals surface area contributed by atoms with E-state index in [0.717, 1.165) is 26.1 Å². The molecule has 1 aromatic carbocycles. The largest absolute Gasteiger partial charge is 0.398 e. The van der Waals surface area contributed by atoms with Crippen molar-refractivity contribution in [1.82, 2.24) is 10.1 Å². The van der Waals surface area contributed by atoms with Crippen LogP contribution in [-0.2, 0) is 4.74 Å². The van der Waals surface area contributed by atoms with Crippen LogP contribution in [-0.4, -0.2) is 23.4 Å². The molecule has 1 fully saturated rings. The van der Waals surface area contributed by atoms with Crippen LogP contribution in [0.3, 0.4) is 0 Å². The zero-order chi connectivity index (χ0) is 13.2. The summed E-state index contributed by atoms with van der Waals surface area (Å²) in [4.78, 5) is 4.43. The number of hydrogen-bond donors (Lipinski definition) is 1. The molecule has 0 atom stereocenters. The molecule has 0 unspecified atom stereocenters. The molecule has 0 radical (unpaired) electrons. The van der Waals surface area contributed by atoms with Crippen molar-refractivity contribution in [2.75, 3.05) is 18.9 Å². The number of nitrogen functional groups attached to an aromatic ring is 1. The van der Waals surface area contributed by atoms with Crippen molar-refractivity contribution in [2.45, 2.75) is 18.8 Å². The van der Waals surface area contributed by atoms with Crippen molar-refractivity contribution in [1.29, 1.82) is 0 Å². The van der Waals surface area contributed by atoms with Crippen LogP contribution in [0.4, 0.5) is 5.69 Å². The molecule has 5 nitrogen and oxygen atoms in total. The third-order valence-corrected chi connectivity index (χ3v) is 3.60. The lowest BCUT2D eigenvalue weighted by atomic mass is 10.00. The molecule has 2 heterocycles. The highest BCUT2D eigenvalue weighted by atomic mass is 35.5. The fraction of sp³-hybridized carbons (Fsp3) is 0.385. The highest BCUT2D eigenvalue weighted by Gasteiger charge is 2.23. The Morgan fingerprint density at radius 1 is 1.26 bits per heavy atom. The van der Waals surface area contributed by atoms with Crippen LogP contribution in [0.15, 0.2) is 22.7 Å². The van der Waals surface area contributed by atoms with Crippen LogP contribution < -0.4 is 5.73 Å². The number of ether oxygens (including phenoxy) is 1. The number of hydrogen-bond acceptors (Lipinski definition) is 5. The van der Waals surface area contributed by atoms with Crippen molar-refractivity contribution in [3.8, 4) is 11.5 Å². The zero-order valence-electron chi connectivity index (χ0n) is 10.3. The highest BCUT2D eigenvalue weighted by Crippen LogP contribution is 2.33. The molecule has 1 aromatic heterocycles. The van der Waals surface area contributed by atoms with Gasteiger partial charge in [-0.25, -0.2) is 0 Å². The van der Waals surface area contributed by atoms with Gasteiger partial charge in [0.25, 0.3) is 5.89 Å². The minimum absolute atomic E-state index is 0.287. The van der Waals surface area contributed by atoms with E-state index >= 15 is 0 Å². The monoisotopic (exact) mass is 279 g/mol. The van der Waals surface area contributed by atoms with Gasteiger partial charge in [0, 0.05) is 24.8 Å². The maximum atomic E-state index is 6.13. The Morgan fingerprint density at radius 3 is 2.79 bits per heavy atom. The molecule has 1 aliphatic rings. The van der Waals surface area contributed by atoms with Gasteiger partial charge in [-0.05, 0) is 25.0 Å². The van der Waals surface area contributed by atoms with E-state index in [9.17, 15) is 0 Å². The van der Waals surface area contributed by atoms with Crippen LogP contribution in [0.2, 0.25) is 5.02 Å². The molecular formula is C13H14ClN3O2. The number of anilines is 1. The topological polar surface area (TPSA) is 74.2 Å². The van der Waals surface area contributed by atoms with Crippen molar-refractivity contribution < 1.29 is 9.26 Å².